The molecule has 0 aromatic heterocycles. The van der Waals surface area contributed by atoms with Crippen LogP contribution < -0.4 is 0 Å². The third-order valence-corrected chi connectivity index (χ3v) is 4.45. The zero-order valence-corrected chi connectivity index (χ0v) is 14.7. The Bertz CT molecular complexity index is 621. The van der Waals surface area contributed by atoms with E-state index in [4.69, 9.17) is 23.2 Å². The van der Waals surface area contributed by atoms with Crippen LogP contribution in [0.1, 0.15) is 17.2 Å². The van der Waals surface area contributed by atoms with Gasteiger partial charge >= 0.3 is 0 Å². The van der Waals surface area contributed by atoms with Gasteiger partial charge in [-0.15, -0.1) is 0 Å². The summed E-state index contributed by atoms with van der Waals surface area (Å²) in [5.41, 5.74) is 2.04. The second kappa shape index (κ2) is 7.61. The summed E-state index contributed by atoms with van der Waals surface area (Å²) in [5.74, 6) is 0. The topological polar surface area (TPSA) is 23.5 Å². The van der Waals surface area contributed by atoms with Crippen LogP contribution in [0.2, 0.25) is 10.0 Å². The molecule has 0 aliphatic rings. The van der Waals surface area contributed by atoms with Gasteiger partial charge in [-0.3, -0.25) is 4.90 Å². The fourth-order valence-corrected chi connectivity index (χ4v) is 3.13. The minimum atomic E-state index is -0.0887. The molecule has 2 nitrogen and oxygen atoms in total. The van der Waals surface area contributed by atoms with E-state index in [-0.39, 0.29) is 12.6 Å². The number of halogens is 3. The van der Waals surface area contributed by atoms with Gasteiger partial charge in [-0.2, -0.15) is 0 Å². The lowest BCUT2D eigenvalue weighted by Gasteiger charge is -2.27. The summed E-state index contributed by atoms with van der Waals surface area (Å²) in [4.78, 5) is 2.07. The Labute approximate surface area is 143 Å². The minimum Gasteiger partial charge on any atom is -0.394 e. The van der Waals surface area contributed by atoms with E-state index in [0.29, 0.717) is 16.6 Å². The molecule has 5 heteroatoms. The SMILES string of the molecule is CN(Cc1ccc(Cl)cc1Cl)C(CO)c1cccc(Br)c1. The molecular formula is C16H16BrCl2NO. The van der Waals surface area contributed by atoms with Gasteiger partial charge in [0.1, 0.15) is 0 Å². The van der Waals surface area contributed by atoms with Gasteiger partial charge in [-0.1, -0.05) is 57.3 Å². The Balaban J connectivity index is 2.18. The highest BCUT2D eigenvalue weighted by atomic mass is 79.9. The van der Waals surface area contributed by atoms with Crippen molar-refractivity contribution in [2.75, 3.05) is 13.7 Å². The Hall–Kier alpha value is -0.580. The molecule has 0 aliphatic heterocycles. The van der Waals surface area contributed by atoms with Gasteiger partial charge in [0.15, 0.2) is 0 Å². The largest absolute Gasteiger partial charge is 0.394 e. The van der Waals surface area contributed by atoms with Gasteiger partial charge in [-0.25, -0.2) is 0 Å². The van der Waals surface area contributed by atoms with Gasteiger partial charge in [0, 0.05) is 21.1 Å². The van der Waals surface area contributed by atoms with Crippen molar-refractivity contribution >= 4 is 39.1 Å². The molecule has 0 spiro atoms. The van der Waals surface area contributed by atoms with Crippen molar-refractivity contribution in [3.63, 3.8) is 0 Å². The molecule has 1 atom stereocenters. The summed E-state index contributed by atoms with van der Waals surface area (Å²) in [6.07, 6.45) is 0. The number of benzene rings is 2. The fraction of sp³-hybridized carbons (Fsp3) is 0.250. The highest BCUT2D eigenvalue weighted by molar-refractivity contribution is 9.10. The van der Waals surface area contributed by atoms with Crippen LogP contribution in [0.15, 0.2) is 46.9 Å². The van der Waals surface area contributed by atoms with Crippen LogP contribution in [0.5, 0.6) is 0 Å². The molecular weight excluding hydrogens is 373 g/mol. The summed E-state index contributed by atoms with van der Waals surface area (Å²) in [7, 11) is 1.97. The smallest absolute Gasteiger partial charge is 0.0628 e. The predicted molar refractivity (Wildman–Crippen MR) is 91.9 cm³/mol. The monoisotopic (exact) mass is 387 g/mol. The van der Waals surface area contributed by atoms with E-state index in [0.717, 1.165) is 15.6 Å². The summed E-state index contributed by atoms with van der Waals surface area (Å²) in [5, 5.41) is 11.0. The van der Waals surface area contributed by atoms with Crippen molar-refractivity contribution in [2.45, 2.75) is 12.6 Å². The predicted octanol–water partition coefficient (Wildman–Crippen LogP) is 4.92. The Morgan fingerprint density at radius 3 is 2.57 bits per heavy atom. The van der Waals surface area contributed by atoms with Gasteiger partial charge in [0.2, 0.25) is 0 Å². The lowest BCUT2D eigenvalue weighted by atomic mass is 10.1. The fourth-order valence-electron chi connectivity index (χ4n) is 2.24. The molecule has 0 heterocycles. The van der Waals surface area contributed by atoms with Crippen LogP contribution >= 0.6 is 39.1 Å². The molecule has 1 N–H and O–H groups in total. The maximum absolute atomic E-state index is 9.72. The Morgan fingerprint density at radius 1 is 1.19 bits per heavy atom. The number of hydrogen-bond donors (Lipinski definition) is 1. The van der Waals surface area contributed by atoms with E-state index in [1.165, 1.54) is 0 Å². The molecule has 0 saturated carbocycles. The first kappa shape index (κ1) is 16.8. The summed E-state index contributed by atoms with van der Waals surface area (Å²) >= 11 is 15.6. The highest BCUT2D eigenvalue weighted by Crippen LogP contribution is 2.27. The number of rotatable bonds is 5. The van der Waals surface area contributed by atoms with Crippen LogP contribution in [-0.4, -0.2) is 23.7 Å². The van der Waals surface area contributed by atoms with Gasteiger partial charge < -0.3 is 5.11 Å². The maximum atomic E-state index is 9.72. The molecule has 0 amide bonds. The third kappa shape index (κ3) is 4.44. The number of aliphatic hydroxyl groups is 1. The molecule has 2 aromatic rings. The second-order valence-corrected chi connectivity index (χ2v) is 6.66. The summed E-state index contributed by atoms with van der Waals surface area (Å²) in [6, 6.07) is 13.3. The molecule has 0 bridgehead atoms. The molecule has 2 aromatic carbocycles. The zero-order chi connectivity index (χ0) is 15.4. The number of likely N-dealkylation sites (N-methyl/N-ethyl adjacent to an activating group) is 1. The van der Waals surface area contributed by atoms with E-state index in [2.05, 4.69) is 20.8 Å². The maximum Gasteiger partial charge on any atom is 0.0628 e. The highest BCUT2D eigenvalue weighted by Gasteiger charge is 2.17. The van der Waals surface area contributed by atoms with Crippen molar-refractivity contribution in [1.29, 1.82) is 0 Å². The van der Waals surface area contributed by atoms with Gasteiger partial charge in [-0.05, 0) is 42.4 Å². The van der Waals surface area contributed by atoms with Crippen LogP contribution in [0, 0.1) is 0 Å². The van der Waals surface area contributed by atoms with Gasteiger partial charge in [0.25, 0.3) is 0 Å². The van der Waals surface area contributed by atoms with Crippen molar-refractivity contribution < 1.29 is 5.11 Å². The molecule has 112 valence electrons. The molecule has 0 saturated heterocycles. The molecule has 1 unspecified atom stereocenters. The number of hydrogen-bond acceptors (Lipinski definition) is 2. The lowest BCUT2D eigenvalue weighted by molar-refractivity contribution is 0.142. The van der Waals surface area contributed by atoms with E-state index in [9.17, 15) is 5.11 Å². The Kier molecular flexibility index (Phi) is 6.08. The van der Waals surface area contributed by atoms with Gasteiger partial charge in [0.05, 0.1) is 12.6 Å². The van der Waals surface area contributed by atoms with Crippen molar-refractivity contribution in [3.05, 3.63) is 68.1 Å². The van der Waals surface area contributed by atoms with Crippen molar-refractivity contribution in [2.24, 2.45) is 0 Å². The second-order valence-electron chi connectivity index (χ2n) is 4.90. The van der Waals surface area contributed by atoms with E-state index in [1.54, 1.807) is 6.07 Å². The average molecular weight is 389 g/mol. The average Bonchev–Trinajstić information content (AvgIpc) is 2.43. The van der Waals surface area contributed by atoms with Crippen LogP contribution in [0.4, 0.5) is 0 Å². The molecule has 0 radical (unpaired) electrons. The van der Waals surface area contributed by atoms with Crippen LogP contribution in [0.3, 0.4) is 0 Å². The normalized spacial score (nSPS) is 12.7. The molecule has 0 fully saturated rings. The summed E-state index contributed by atoms with van der Waals surface area (Å²) < 4.78 is 0.997. The van der Waals surface area contributed by atoms with Crippen LogP contribution in [-0.2, 0) is 6.54 Å². The van der Waals surface area contributed by atoms with E-state index >= 15 is 0 Å². The number of nitrogens with zero attached hydrogens (tertiary/aromatic N) is 1. The quantitative estimate of drug-likeness (QED) is 0.785. The zero-order valence-electron chi connectivity index (χ0n) is 11.6. The lowest BCUT2D eigenvalue weighted by Crippen LogP contribution is -2.27. The van der Waals surface area contributed by atoms with E-state index in [1.807, 2.05) is 43.4 Å². The molecule has 2 rings (SSSR count). The standard InChI is InChI=1S/C16H16BrCl2NO/c1-20(9-12-5-6-14(18)8-15(12)19)16(10-21)11-3-2-4-13(17)7-11/h2-8,16,21H,9-10H2,1H3. The number of aliphatic hydroxyl groups excluding tert-OH is 1. The van der Waals surface area contributed by atoms with Crippen LogP contribution in [0.25, 0.3) is 0 Å². The molecule has 21 heavy (non-hydrogen) atoms. The Morgan fingerprint density at radius 2 is 1.95 bits per heavy atom. The first-order valence-corrected chi connectivity index (χ1v) is 8.06. The minimum absolute atomic E-state index is 0.0398. The summed E-state index contributed by atoms with van der Waals surface area (Å²) in [6.45, 7) is 0.673. The van der Waals surface area contributed by atoms with Crippen molar-refractivity contribution in [1.82, 2.24) is 4.90 Å². The first-order valence-electron chi connectivity index (χ1n) is 6.51. The van der Waals surface area contributed by atoms with Crippen molar-refractivity contribution in [3.8, 4) is 0 Å². The first-order chi connectivity index (χ1) is 10.0. The van der Waals surface area contributed by atoms with E-state index < -0.39 is 0 Å². The molecule has 0 aliphatic carbocycles. The third-order valence-electron chi connectivity index (χ3n) is 3.37.